The summed E-state index contributed by atoms with van der Waals surface area (Å²) >= 11 is 0. The fourth-order valence-corrected chi connectivity index (χ4v) is 4.83. The highest BCUT2D eigenvalue weighted by molar-refractivity contribution is 5.66. The quantitative estimate of drug-likeness (QED) is 0.864. The average Bonchev–Trinajstić information content (AvgIpc) is 3.42. The van der Waals surface area contributed by atoms with Crippen molar-refractivity contribution >= 4 is 17.7 Å². The van der Waals surface area contributed by atoms with Gasteiger partial charge in [-0.15, -0.1) is 0 Å². The topological polar surface area (TPSA) is 93.3 Å². The molecular formula is C18H20FN7O. The van der Waals surface area contributed by atoms with E-state index in [1.807, 2.05) is 4.90 Å². The summed E-state index contributed by atoms with van der Waals surface area (Å²) in [6.45, 7) is 2.24. The summed E-state index contributed by atoms with van der Waals surface area (Å²) in [6, 6.07) is 0.650. The summed E-state index contributed by atoms with van der Waals surface area (Å²) in [5.41, 5.74) is 6.34. The summed E-state index contributed by atoms with van der Waals surface area (Å²) in [5, 5.41) is 0. The van der Waals surface area contributed by atoms with Crippen molar-refractivity contribution in [3.05, 3.63) is 18.2 Å². The number of hydrogen-bond acceptors (Lipinski definition) is 8. The maximum absolute atomic E-state index is 15.5. The van der Waals surface area contributed by atoms with E-state index in [0.717, 1.165) is 13.0 Å². The molecule has 0 radical (unpaired) electrons. The highest BCUT2D eigenvalue weighted by atomic mass is 19.1. The van der Waals surface area contributed by atoms with Gasteiger partial charge in [0.15, 0.2) is 11.6 Å². The van der Waals surface area contributed by atoms with Crippen molar-refractivity contribution in [3.63, 3.8) is 0 Å². The molecule has 2 N–H and O–H groups in total. The van der Waals surface area contributed by atoms with Gasteiger partial charge in [-0.3, -0.25) is 0 Å². The molecular weight excluding hydrogens is 349 g/mol. The molecule has 0 amide bonds. The summed E-state index contributed by atoms with van der Waals surface area (Å²) < 4.78 is 21.2. The molecule has 8 nitrogen and oxygen atoms in total. The van der Waals surface area contributed by atoms with Gasteiger partial charge in [0.25, 0.3) is 0 Å². The van der Waals surface area contributed by atoms with E-state index in [1.165, 1.54) is 25.2 Å². The molecule has 1 saturated carbocycles. The molecule has 5 fully saturated rings. The third-order valence-electron chi connectivity index (χ3n) is 6.30. The Morgan fingerprint density at radius 2 is 1.85 bits per heavy atom. The third kappa shape index (κ3) is 2.30. The van der Waals surface area contributed by atoms with Crippen LogP contribution < -0.4 is 15.5 Å². The fourth-order valence-electron chi connectivity index (χ4n) is 4.83. The molecule has 0 aromatic carbocycles. The Hall–Kier alpha value is -2.55. The van der Waals surface area contributed by atoms with Crippen molar-refractivity contribution in [1.29, 1.82) is 0 Å². The van der Waals surface area contributed by atoms with E-state index in [1.54, 1.807) is 0 Å². The van der Waals surface area contributed by atoms with Crippen LogP contribution in [0.2, 0.25) is 0 Å². The minimum atomic E-state index is -0.425. The zero-order valence-corrected chi connectivity index (χ0v) is 14.8. The minimum Gasteiger partial charge on any atom is -0.374 e. The van der Waals surface area contributed by atoms with Gasteiger partial charge in [0, 0.05) is 37.1 Å². The first-order valence-electron chi connectivity index (χ1n) is 9.46. The van der Waals surface area contributed by atoms with Gasteiger partial charge in [-0.2, -0.15) is 4.98 Å². The van der Waals surface area contributed by atoms with Crippen LogP contribution >= 0.6 is 0 Å². The van der Waals surface area contributed by atoms with Crippen LogP contribution in [0.5, 0.6) is 0 Å². The molecule has 2 unspecified atom stereocenters. The molecule has 1 aliphatic carbocycles. The fraction of sp³-hybridized carbons (Fsp3) is 0.556. The van der Waals surface area contributed by atoms with Crippen molar-refractivity contribution in [3.8, 4) is 11.3 Å². The van der Waals surface area contributed by atoms with Gasteiger partial charge in [0.1, 0.15) is 5.69 Å². The SMILES string of the molecule is Nc1ncc(-c2nc(N3CC4CC3C4)nc(N3CC4CC3CO4)c2F)cn1. The minimum absolute atomic E-state index is 0.156. The Morgan fingerprint density at radius 3 is 2.48 bits per heavy atom. The molecule has 6 heterocycles. The highest BCUT2D eigenvalue weighted by Crippen LogP contribution is 2.44. The molecule has 4 saturated heterocycles. The Kier molecular flexibility index (Phi) is 3.15. The van der Waals surface area contributed by atoms with Crippen molar-refractivity contribution in [2.75, 3.05) is 35.2 Å². The molecule has 9 heteroatoms. The Morgan fingerprint density at radius 1 is 1.04 bits per heavy atom. The van der Waals surface area contributed by atoms with Gasteiger partial charge in [-0.05, 0) is 25.2 Å². The number of ether oxygens (including phenoxy) is 1. The van der Waals surface area contributed by atoms with Gasteiger partial charge < -0.3 is 20.3 Å². The number of hydrogen-bond donors (Lipinski definition) is 1. The number of halogens is 1. The number of nitrogens with two attached hydrogens (primary N) is 1. The van der Waals surface area contributed by atoms with Crippen LogP contribution in [0, 0.1) is 11.7 Å². The van der Waals surface area contributed by atoms with Crippen LogP contribution in [0.15, 0.2) is 12.4 Å². The van der Waals surface area contributed by atoms with E-state index in [9.17, 15) is 0 Å². The van der Waals surface area contributed by atoms with Gasteiger partial charge in [0.2, 0.25) is 11.9 Å². The summed E-state index contributed by atoms with van der Waals surface area (Å²) in [5.74, 6) is 1.42. The molecule has 2 aromatic rings. The Bertz CT molecular complexity index is 901. The second-order valence-corrected chi connectivity index (χ2v) is 7.98. The molecule has 5 aliphatic rings. The summed E-state index contributed by atoms with van der Waals surface area (Å²) in [6.07, 6.45) is 6.48. The number of morpholine rings is 1. The van der Waals surface area contributed by atoms with Crippen molar-refractivity contribution in [1.82, 2.24) is 19.9 Å². The van der Waals surface area contributed by atoms with Gasteiger partial charge in [-0.25, -0.2) is 19.3 Å². The van der Waals surface area contributed by atoms with Crippen LogP contribution in [0.25, 0.3) is 11.3 Å². The zero-order valence-electron chi connectivity index (χ0n) is 14.8. The Balaban J connectivity index is 1.48. The van der Waals surface area contributed by atoms with Crippen molar-refractivity contribution in [2.24, 2.45) is 5.92 Å². The lowest BCUT2D eigenvalue weighted by molar-refractivity contribution is 0.0986. The first kappa shape index (κ1) is 15.5. The van der Waals surface area contributed by atoms with E-state index in [4.69, 9.17) is 10.5 Å². The van der Waals surface area contributed by atoms with Crippen molar-refractivity contribution < 1.29 is 9.13 Å². The van der Waals surface area contributed by atoms with Gasteiger partial charge in [0.05, 0.1) is 18.8 Å². The maximum Gasteiger partial charge on any atom is 0.228 e. The van der Waals surface area contributed by atoms with Crippen LogP contribution in [0.4, 0.5) is 22.1 Å². The molecule has 2 atom stereocenters. The van der Waals surface area contributed by atoms with E-state index in [2.05, 4.69) is 24.8 Å². The first-order valence-corrected chi connectivity index (χ1v) is 9.46. The van der Waals surface area contributed by atoms with Crippen molar-refractivity contribution in [2.45, 2.75) is 37.5 Å². The van der Waals surface area contributed by atoms with Gasteiger partial charge >= 0.3 is 0 Å². The predicted molar refractivity (Wildman–Crippen MR) is 96.8 cm³/mol. The average molecular weight is 369 g/mol. The number of nitrogens with zero attached hydrogens (tertiary/aromatic N) is 6. The lowest BCUT2D eigenvalue weighted by atomic mass is 9.86. The van der Waals surface area contributed by atoms with Crippen LogP contribution in [-0.4, -0.2) is 57.8 Å². The van der Waals surface area contributed by atoms with Crippen LogP contribution in [0.1, 0.15) is 19.3 Å². The normalized spacial score (nSPS) is 30.9. The van der Waals surface area contributed by atoms with Crippen LogP contribution in [-0.2, 0) is 4.74 Å². The molecule has 27 heavy (non-hydrogen) atoms. The monoisotopic (exact) mass is 369 g/mol. The second kappa shape index (κ2) is 5.48. The molecule has 7 rings (SSSR count). The zero-order chi connectivity index (χ0) is 18.1. The highest BCUT2D eigenvalue weighted by Gasteiger charge is 2.45. The molecule has 4 aliphatic heterocycles. The largest absolute Gasteiger partial charge is 0.374 e. The molecule has 140 valence electrons. The number of nitrogen functional groups attached to an aromatic ring is 1. The number of rotatable bonds is 3. The number of fused-ring (bicyclic) bond motifs is 3. The van der Waals surface area contributed by atoms with E-state index in [-0.39, 0.29) is 23.8 Å². The lowest BCUT2D eigenvalue weighted by Gasteiger charge is -2.30. The van der Waals surface area contributed by atoms with E-state index in [0.29, 0.717) is 42.4 Å². The summed E-state index contributed by atoms with van der Waals surface area (Å²) in [4.78, 5) is 21.5. The molecule has 0 spiro atoms. The first-order chi connectivity index (χ1) is 13.2. The molecule has 2 aromatic heterocycles. The smallest absolute Gasteiger partial charge is 0.228 e. The standard InChI is InChI=1S/C18H20FN7O/c19-14-15(10-4-21-17(20)22-5-10)23-18(26-6-9-1-11(26)2-9)24-16(14)25-7-13-3-12(25)8-27-13/h4-5,9,11-13H,1-3,6-8H2,(H2,20,21,22). The number of anilines is 3. The molecule has 4 bridgehead atoms. The Labute approximate surface area is 155 Å². The third-order valence-corrected chi connectivity index (χ3v) is 6.30. The maximum atomic E-state index is 15.5. The lowest BCUT2D eigenvalue weighted by Crippen LogP contribution is -2.39. The number of aromatic nitrogens is 4. The second-order valence-electron chi connectivity index (χ2n) is 7.98. The summed E-state index contributed by atoms with van der Waals surface area (Å²) in [7, 11) is 0. The van der Waals surface area contributed by atoms with Crippen LogP contribution in [0.3, 0.4) is 0 Å². The van der Waals surface area contributed by atoms with E-state index >= 15 is 4.39 Å². The van der Waals surface area contributed by atoms with E-state index < -0.39 is 5.82 Å². The van der Waals surface area contributed by atoms with Gasteiger partial charge in [-0.1, -0.05) is 0 Å². The predicted octanol–water partition coefficient (Wildman–Crippen LogP) is 1.23.